The Kier molecular flexibility index (Phi) is 8.21. The molecule has 3 rings (SSSR count). The number of hydrogen-bond acceptors (Lipinski definition) is 7. The van der Waals surface area contributed by atoms with Crippen molar-refractivity contribution in [3.63, 3.8) is 0 Å². The van der Waals surface area contributed by atoms with E-state index in [2.05, 4.69) is 26.0 Å². The molecular weight excluding hydrogens is 490 g/mol. The second-order valence-electron chi connectivity index (χ2n) is 7.38. The Morgan fingerprint density at radius 3 is 2.61 bits per heavy atom. The summed E-state index contributed by atoms with van der Waals surface area (Å²) in [5.41, 5.74) is 1.07. The molecule has 33 heavy (non-hydrogen) atoms. The number of rotatable bonds is 9. The Bertz CT molecular complexity index is 1240. The molecule has 0 aliphatic heterocycles. The van der Waals surface area contributed by atoms with Crippen molar-refractivity contribution in [1.29, 1.82) is 0 Å². The van der Waals surface area contributed by atoms with E-state index in [0.717, 1.165) is 4.47 Å². The summed E-state index contributed by atoms with van der Waals surface area (Å²) in [6.45, 7) is 7.99. The Hall–Kier alpha value is -3.20. The number of benzene rings is 2. The molecule has 8 nitrogen and oxygen atoms in total. The van der Waals surface area contributed by atoms with Crippen molar-refractivity contribution in [2.75, 3.05) is 19.8 Å². The second-order valence-corrected chi connectivity index (χ2v) is 8.30. The van der Waals surface area contributed by atoms with Crippen LogP contribution in [0.4, 0.5) is 0 Å². The molecule has 0 atom stereocenters. The summed E-state index contributed by atoms with van der Waals surface area (Å²) < 4.78 is 18.2. The van der Waals surface area contributed by atoms with Crippen LogP contribution in [-0.2, 0) is 9.53 Å². The van der Waals surface area contributed by atoms with Crippen LogP contribution in [0.1, 0.15) is 45.0 Å². The van der Waals surface area contributed by atoms with Gasteiger partial charge in [-0.15, -0.1) is 0 Å². The molecule has 0 spiro atoms. The molecule has 9 heteroatoms. The predicted molar refractivity (Wildman–Crippen MR) is 131 cm³/mol. The summed E-state index contributed by atoms with van der Waals surface area (Å²) in [5.74, 6) is 0.967. The number of carbonyl (C=O) groups is 1. The SMILES string of the molecule is CCOC(=O)COc1ccc(C=Nn2c(C(C)C)nc3ccc(Br)cc3c2=O)cc1OCC. The average molecular weight is 516 g/mol. The summed E-state index contributed by atoms with van der Waals surface area (Å²) in [6, 6.07) is 10.6. The van der Waals surface area contributed by atoms with Crippen LogP contribution in [0, 0.1) is 0 Å². The van der Waals surface area contributed by atoms with Crippen molar-refractivity contribution in [3.05, 3.63) is 62.6 Å². The summed E-state index contributed by atoms with van der Waals surface area (Å²) in [7, 11) is 0. The van der Waals surface area contributed by atoms with Crippen LogP contribution in [0.25, 0.3) is 10.9 Å². The number of hydrogen-bond donors (Lipinski definition) is 0. The zero-order valence-corrected chi connectivity index (χ0v) is 20.6. The number of esters is 1. The van der Waals surface area contributed by atoms with E-state index in [9.17, 15) is 9.59 Å². The van der Waals surface area contributed by atoms with Gasteiger partial charge in [0, 0.05) is 10.4 Å². The van der Waals surface area contributed by atoms with Crippen LogP contribution in [-0.4, -0.2) is 41.7 Å². The lowest BCUT2D eigenvalue weighted by Crippen LogP contribution is -2.23. The fraction of sp³-hybridized carbons (Fsp3) is 0.333. The Morgan fingerprint density at radius 2 is 1.91 bits per heavy atom. The van der Waals surface area contributed by atoms with Gasteiger partial charge in [0.05, 0.1) is 30.3 Å². The first kappa shape index (κ1) is 24.4. The largest absolute Gasteiger partial charge is 0.490 e. The molecule has 174 valence electrons. The third-order valence-corrected chi connectivity index (χ3v) is 5.08. The predicted octanol–water partition coefficient (Wildman–Crippen LogP) is 4.51. The number of nitrogens with zero attached hydrogens (tertiary/aromatic N) is 3. The average Bonchev–Trinajstić information content (AvgIpc) is 2.78. The van der Waals surface area contributed by atoms with E-state index in [1.165, 1.54) is 4.68 Å². The number of aromatic nitrogens is 2. The van der Waals surface area contributed by atoms with Gasteiger partial charge in [0.15, 0.2) is 18.1 Å². The van der Waals surface area contributed by atoms with Gasteiger partial charge in [0.1, 0.15) is 5.82 Å². The maximum atomic E-state index is 13.2. The van der Waals surface area contributed by atoms with Gasteiger partial charge in [-0.3, -0.25) is 4.79 Å². The molecule has 0 saturated carbocycles. The molecule has 0 saturated heterocycles. The zero-order chi connectivity index (χ0) is 24.0. The van der Waals surface area contributed by atoms with E-state index in [-0.39, 0.29) is 24.7 Å². The molecule has 0 bridgehead atoms. The molecule has 3 aromatic rings. The Morgan fingerprint density at radius 1 is 1.12 bits per heavy atom. The van der Waals surface area contributed by atoms with E-state index in [1.54, 1.807) is 37.4 Å². The summed E-state index contributed by atoms with van der Waals surface area (Å²) in [6.07, 6.45) is 1.57. The van der Waals surface area contributed by atoms with Gasteiger partial charge < -0.3 is 14.2 Å². The number of halogens is 1. The molecule has 0 radical (unpaired) electrons. The highest BCUT2D eigenvalue weighted by molar-refractivity contribution is 9.10. The van der Waals surface area contributed by atoms with Gasteiger partial charge in [-0.25, -0.2) is 9.78 Å². The van der Waals surface area contributed by atoms with Crippen molar-refractivity contribution in [2.45, 2.75) is 33.6 Å². The standard InChI is InChI=1S/C24H26BrN3O5/c1-5-31-21-11-16(7-10-20(21)33-14-22(29)32-6-2)13-26-28-23(15(3)4)27-19-9-8-17(25)12-18(19)24(28)30/h7-13,15H,5-6,14H2,1-4H3. The van der Waals surface area contributed by atoms with Gasteiger partial charge >= 0.3 is 5.97 Å². The Labute approximate surface area is 200 Å². The lowest BCUT2D eigenvalue weighted by Gasteiger charge is -2.13. The van der Waals surface area contributed by atoms with Crippen LogP contribution in [0.2, 0.25) is 0 Å². The van der Waals surface area contributed by atoms with Gasteiger partial charge in [-0.1, -0.05) is 29.8 Å². The first-order chi connectivity index (χ1) is 15.8. The van der Waals surface area contributed by atoms with E-state index in [1.807, 2.05) is 32.9 Å². The molecule has 0 amide bonds. The summed E-state index contributed by atoms with van der Waals surface area (Å²) in [4.78, 5) is 29.4. The second kappa shape index (κ2) is 11.1. The lowest BCUT2D eigenvalue weighted by atomic mass is 10.2. The van der Waals surface area contributed by atoms with Crippen LogP contribution >= 0.6 is 15.9 Å². The number of fused-ring (bicyclic) bond motifs is 1. The third-order valence-electron chi connectivity index (χ3n) is 4.59. The molecule has 0 fully saturated rings. The topological polar surface area (TPSA) is 92.0 Å². The molecule has 0 unspecified atom stereocenters. The molecule has 1 aromatic heterocycles. The first-order valence-electron chi connectivity index (χ1n) is 10.7. The minimum atomic E-state index is -0.457. The monoisotopic (exact) mass is 515 g/mol. The molecular formula is C24H26BrN3O5. The molecule has 0 N–H and O–H groups in total. The quantitative estimate of drug-likeness (QED) is 0.307. The van der Waals surface area contributed by atoms with E-state index >= 15 is 0 Å². The fourth-order valence-electron chi connectivity index (χ4n) is 3.11. The third kappa shape index (κ3) is 5.98. The van der Waals surface area contributed by atoms with Crippen LogP contribution in [0.5, 0.6) is 11.5 Å². The van der Waals surface area contributed by atoms with Crippen molar-refractivity contribution < 1.29 is 19.0 Å². The number of ether oxygens (including phenoxy) is 3. The molecule has 0 aliphatic carbocycles. The van der Waals surface area contributed by atoms with E-state index < -0.39 is 5.97 Å². The zero-order valence-electron chi connectivity index (χ0n) is 19.0. The highest BCUT2D eigenvalue weighted by Gasteiger charge is 2.14. The number of carbonyl (C=O) groups excluding carboxylic acids is 1. The van der Waals surface area contributed by atoms with Gasteiger partial charge in [0.2, 0.25) is 0 Å². The first-order valence-corrected chi connectivity index (χ1v) is 11.4. The maximum absolute atomic E-state index is 13.2. The fourth-order valence-corrected chi connectivity index (χ4v) is 3.47. The van der Waals surface area contributed by atoms with Crippen molar-refractivity contribution in [3.8, 4) is 11.5 Å². The van der Waals surface area contributed by atoms with Crippen LogP contribution < -0.4 is 15.0 Å². The van der Waals surface area contributed by atoms with E-state index in [0.29, 0.717) is 40.4 Å². The van der Waals surface area contributed by atoms with Crippen molar-refractivity contribution >= 4 is 39.0 Å². The van der Waals surface area contributed by atoms with E-state index in [4.69, 9.17) is 14.2 Å². The van der Waals surface area contributed by atoms with Crippen LogP contribution in [0.15, 0.2) is 50.8 Å². The molecule has 2 aromatic carbocycles. The minimum absolute atomic E-state index is 0.0134. The summed E-state index contributed by atoms with van der Waals surface area (Å²) in [5, 5.41) is 4.91. The normalized spacial score (nSPS) is 11.3. The highest BCUT2D eigenvalue weighted by Crippen LogP contribution is 2.28. The molecule has 0 aliphatic rings. The van der Waals surface area contributed by atoms with Crippen molar-refractivity contribution in [2.24, 2.45) is 5.10 Å². The minimum Gasteiger partial charge on any atom is -0.490 e. The Balaban J connectivity index is 1.96. The smallest absolute Gasteiger partial charge is 0.344 e. The summed E-state index contributed by atoms with van der Waals surface area (Å²) >= 11 is 3.40. The lowest BCUT2D eigenvalue weighted by molar-refractivity contribution is -0.145. The highest BCUT2D eigenvalue weighted by atomic mass is 79.9. The van der Waals surface area contributed by atoms with Crippen LogP contribution in [0.3, 0.4) is 0 Å². The van der Waals surface area contributed by atoms with Crippen molar-refractivity contribution in [1.82, 2.24) is 9.66 Å². The van der Waals surface area contributed by atoms with Gasteiger partial charge in [-0.2, -0.15) is 9.78 Å². The van der Waals surface area contributed by atoms with Gasteiger partial charge in [-0.05, 0) is 55.8 Å². The maximum Gasteiger partial charge on any atom is 0.344 e. The van der Waals surface area contributed by atoms with Gasteiger partial charge in [0.25, 0.3) is 5.56 Å². The molecule has 1 heterocycles.